The third kappa shape index (κ3) is 66.5. The molecule has 540 valence electrons. The fourth-order valence-corrected chi connectivity index (χ4v) is 12.6. The van der Waals surface area contributed by atoms with Gasteiger partial charge in [-0.1, -0.05) is 329 Å². The number of esters is 4. The Bertz CT molecular complexity index is 1740. The van der Waals surface area contributed by atoms with E-state index < -0.39 is 97.5 Å². The van der Waals surface area contributed by atoms with Crippen molar-refractivity contribution in [3.05, 3.63) is 0 Å². The van der Waals surface area contributed by atoms with Crippen LogP contribution in [0, 0.1) is 0 Å². The summed E-state index contributed by atoms with van der Waals surface area (Å²) < 4.78 is 68.1. The highest BCUT2D eigenvalue weighted by atomic mass is 31.2. The number of hydrogen-bond donors (Lipinski definition) is 3. The molecule has 0 fully saturated rings. The van der Waals surface area contributed by atoms with E-state index in [0.29, 0.717) is 25.7 Å². The number of phosphoric acid groups is 2. The molecule has 19 heteroatoms. The van der Waals surface area contributed by atoms with Crippen LogP contribution < -0.4 is 0 Å². The molecule has 3 N–H and O–H groups in total. The van der Waals surface area contributed by atoms with Crippen molar-refractivity contribution in [2.24, 2.45) is 0 Å². The molecule has 2 unspecified atom stereocenters. The van der Waals surface area contributed by atoms with Crippen molar-refractivity contribution in [3.8, 4) is 0 Å². The highest BCUT2D eigenvalue weighted by molar-refractivity contribution is 7.47. The molecule has 91 heavy (non-hydrogen) atoms. The summed E-state index contributed by atoms with van der Waals surface area (Å²) in [6.45, 7) is 4.89. The highest BCUT2D eigenvalue weighted by Gasteiger charge is 2.30. The molecule has 0 rings (SSSR count). The van der Waals surface area contributed by atoms with Crippen LogP contribution in [0.5, 0.6) is 0 Å². The minimum absolute atomic E-state index is 0.105. The zero-order chi connectivity index (χ0) is 66.8. The van der Waals surface area contributed by atoms with Gasteiger partial charge >= 0.3 is 39.5 Å². The average molecular weight is 1340 g/mol. The average Bonchev–Trinajstić information content (AvgIpc) is 3.70. The van der Waals surface area contributed by atoms with Gasteiger partial charge in [0.1, 0.15) is 19.3 Å². The largest absolute Gasteiger partial charge is 0.472 e. The number of phosphoric ester groups is 2. The predicted octanol–water partition coefficient (Wildman–Crippen LogP) is 21.1. The molecule has 0 amide bonds. The lowest BCUT2D eigenvalue weighted by atomic mass is 10.0. The van der Waals surface area contributed by atoms with Crippen LogP contribution in [0.4, 0.5) is 0 Å². The number of carbonyl (C=O) groups is 4. The second-order valence-electron chi connectivity index (χ2n) is 26.0. The molecule has 0 aromatic heterocycles. The molecule has 0 aromatic rings. The van der Waals surface area contributed by atoms with E-state index >= 15 is 0 Å². The van der Waals surface area contributed by atoms with Crippen LogP contribution in [0.15, 0.2) is 0 Å². The lowest BCUT2D eigenvalue weighted by molar-refractivity contribution is -0.161. The van der Waals surface area contributed by atoms with Crippen LogP contribution in [0.1, 0.15) is 381 Å². The molecule has 17 nitrogen and oxygen atoms in total. The number of aliphatic hydroxyl groups is 1. The van der Waals surface area contributed by atoms with Gasteiger partial charge in [0.15, 0.2) is 12.2 Å². The lowest BCUT2D eigenvalue weighted by Crippen LogP contribution is -2.30. The Hall–Kier alpha value is -1.94. The molecule has 0 saturated heterocycles. The van der Waals surface area contributed by atoms with E-state index in [4.69, 9.17) is 37.0 Å². The maximum Gasteiger partial charge on any atom is 0.472 e. The zero-order valence-electron chi connectivity index (χ0n) is 58.8. The molecule has 0 radical (unpaired) electrons. The number of aliphatic hydroxyl groups excluding tert-OH is 1. The van der Waals surface area contributed by atoms with Crippen LogP contribution >= 0.6 is 15.6 Å². The fraction of sp³-hybridized carbons (Fsp3) is 0.944. The number of ether oxygens (including phenoxy) is 4. The van der Waals surface area contributed by atoms with E-state index in [-0.39, 0.29) is 25.7 Å². The van der Waals surface area contributed by atoms with Crippen molar-refractivity contribution < 1.29 is 80.2 Å². The Kier molecular flexibility index (Phi) is 65.2. The van der Waals surface area contributed by atoms with Crippen LogP contribution in [-0.2, 0) is 65.4 Å². The molecule has 0 aromatic carbocycles. The van der Waals surface area contributed by atoms with Gasteiger partial charge in [0.2, 0.25) is 0 Å². The van der Waals surface area contributed by atoms with Gasteiger partial charge in [-0.2, -0.15) is 0 Å². The molecule has 0 saturated carbocycles. The van der Waals surface area contributed by atoms with Crippen molar-refractivity contribution >= 4 is 39.5 Å². The maximum absolute atomic E-state index is 13.1. The second-order valence-corrected chi connectivity index (χ2v) is 28.9. The van der Waals surface area contributed by atoms with Crippen molar-refractivity contribution in [1.82, 2.24) is 0 Å². The van der Waals surface area contributed by atoms with Gasteiger partial charge in [-0.15, -0.1) is 0 Å². The Morgan fingerprint density at radius 3 is 0.648 bits per heavy atom. The smallest absolute Gasteiger partial charge is 0.462 e. The second kappa shape index (κ2) is 66.7. The predicted molar refractivity (Wildman–Crippen MR) is 368 cm³/mol. The standard InChI is InChI=1S/C72H140O17P2/c1-5-9-13-17-21-24-26-28-30-32-33-34-35-37-39-41-43-47-51-55-59-72(77)89-68(63-83-70(75)57-53-49-46-42-40-38-36-31-29-27-25-22-18-14-10-6-2)65-87-91(80,81)85-61-66(73)60-84-90(78,79)86-64-67(62-82-69(74)56-52-48-44-20-16-12-8-4)88-71(76)58-54-50-45-23-19-15-11-7-3/h66-68,73H,5-65H2,1-4H3,(H,78,79)(H,80,81)/t66-,67+,68+/m0/s1. The summed E-state index contributed by atoms with van der Waals surface area (Å²) in [6.07, 6.45) is 55.8. The number of rotatable bonds is 73. The zero-order valence-corrected chi connectivity index (χ0v) is 60.6. The normalized spacial score (nSPS) is 14.0. The van der Waals surface area contributed by atoms with E-state index in [2.05, 4.69) is 27.7 Å². The molecule has 0 spiro atoms. The van der Waals surface area contributed by atoms with Crippen molar-refractivity contribution in [1.29, 1.82) is 0 Å². The number of unbranched alkanes of at least 4 members (excludes halogenated alkanes) is 47. The topological polar surface area (TPSA) is 237 Å². The third-order valence-electron chi connectivity index (χ3n) is 16.9. The first-order chi connectivity index (χ1) is 44.2. The number of carbonyl (C=O) groups excluding carboxylic acids is 4. The third-order valence-corrected chi connectivity index (χ3v) is 18.8. The SMILES string of the molecule is CCCCCCCCCCCCCCCCCCCCCCC(=O)O[C@H](COC(=O)CCCCCCCCCCCCCCCCCC)COP(=O)(O)OC[C@@H](O)COP(=O)(O)OC[C@@H](COC(=O)CCCCCCCCC)OC(=O)CCCCCCCCCC. The minimum atomic E-state index is -4.95. The van der Waals surface area contributed by atoms with E-state index in [1.807, 2.05) is 0 Å². The molecule has 0 heterocycles. The molecule has 5 atom stereocenters. The van der Waals surface area contributed by atoms with Gasteiger partial charge in [-0.05, 0) is 25.7 Å². The summed E-state index contributed by atoms with van der Waals surface area (Å²) in [5.74, 6) is -2.13. The molecule has 0 bridgehead atoms. The van der Waals surface area contributed by atoms with Crippen molar-refractivity contribution in [2.45, 2.75) is 399 Å². The van der Waals surface area contributed by atoms with Crippen LogP contribution in [0.25, 0.3) is 0 Å². The first-order valence-corrected chi connectivity index (χ1v) is 40.8. The van der Waals surface area contributed by atoms with Gasteiger partial charge in [-0.25, -0.2) is 9.13 Å². The van der Waals surface area contributed by atoms with Gasteiger partial charge in [0, 0.05) is 25.7 Å². The quantitative estimate of drug-likeness (QED) is 0.0222. The first kappa shape index (κ1) is 89.1. The van der Waals surface area contributed by atoms with E-state index in [0.717, 1.165) is 109 Å². The maximum atomic E-state index is 13.1. The van der Waals surface area contributed by atoms with Gasteiger partial charge in [-0.3, -0.25) is 37.3 Å². The molecular weight excluding hydrogens is 1200 g/mol. The first-order valence-electron chi connectivity index (χ1n) is 37.8. The summed E-state index contributed by atoms with van der Waals surface area (Å²) in [6, 6.07) is 0. The summed E-state index contributed by atoms with van der Waals surface area (Å²) in [7, 11) is -9.89. The summed E-state index contributed by atoms with van der Waals surface area (Å²) in [5.41, 5.74) is 0. The van der Waals surface area contributed by atoms with Gasteiger partial charge < -0.3 is 33.8 Å². The lowest BCUT2D eigenvalue weighted by Gasteiger charge is -2.21. The van der Waals surface area contributed by atoms with E-state index in [9.17, 15) is 43.2 Å². The van der Waals surface area contributed by atoms with Crippen molar-refractivity contribution in [2.75, 3.05) is 39.6 Å². The van der Waals surface area contributed by atoms with Crippen LogP contribution in [0.3, 0.4) is 0 Å². The Morgan fingerprint density at radius 2 is 0.440 bits per heavy atom. The molecule has 0 aliphatic rings. The van der Waals surface area contributed by atoms with E-state index in [1.54, 1.807) is 0 Å². The highest BCUT2D eigenvalue weighted by Crippen LogP contribution is 2.45. The Labute approximate surface area is 556 Å². The molecule has 0 aliphatic carbocycles. The molecular formula is C72H140O17P2. The van der Waals surface area contributed by atoms with Crippen molar-refractivity contribution in [3.63, 3.8) is 0 Å². The minimum Gasteiger partial charge on any atom is -0.462 e. The van der Waals surface area contributed by atoms with E-state index in [1.165, 1.54) is 193 Å². The number of hydrogen-bond acceptors (Lipinski definition) is 15. The monoisotopic (exact) mass is 1340 g/mol. The summed E-state index contributed by atoms with van der Waals surface area (Å²) in [5, 5.41) is 10.6. The Balaban J connectivity index is 5.13. The molecule has 0 aliphatic heterocycles. The Morgan fingerprint density at radius 1 is 0.264 bits per heavy atom. The van der Waals surface area contributed by atoms with Crippen LogP contribution in [0.2, 0.25) is 0 Å². The van der Waals surface area contributed by atoms with Crippen LogP contribution in [-0.4, -0.2) is 96.7 Å². The summed E-state index contributed by atoms with van der Waals surface area (Å²) >= 11 is 0. The fourth-order valence-electron chi connectivity index (χ4n) is 11.0. The van der Waals surface area contributed by atoms with Gasteiger partial charge in [0.25, 0.3) is 0 Å². The summed E-state index contributed by atoms with van der Waals surface area (Å²) in [4.78, 5) is 72.4. The van der Waals surface area contributed by atoms with Gasteiger partial charge in [0.05, 0.1) is 26.4 Å².